The number of amides is 1. The fourth-order valence-corrected chi connectivity index (χ4v) is 3.21. The number of benzene rings is 1. The highest BCUT2D eigenvalue weighted by Crippen LogP contribution is 2.22. The Morgan fingerprint density at radius 2 is 2.11 bits per heavy atom. The van der Waals surface area contributed by atoms with E-state index in [1.54, 1.807) is 6.92 Å². The largest absolute Gasteiger partial charge is 0.480 e. The third-order valence-corrected chi connectivity index (χ3v) is 4.67. The highest BCUT2D eigenvalue weighted by atomic mass is 35.5. The van der Waals surface area contributed by atoms with Gasteiger partial charge in [-0.15, -0.1) is 5.10 Å². The van der Waals surface area contributed by atoms with Crippen molar-refractivity contribution >= 4 is 23.5 Å². The molecule has 0 unspecified atom stereocenters. The van der Waals surface area contributed by atoms with Gasteiger partial charge in [0.2, 0.25) is 0 Å². The van der Waals surface area contributed by atoms with Crippen molar-refractivity contribution in [3.8, 4) is 5.69 Å². The summed E-state index contributed by atoms with van der Waals surface area (Å²) in [5.74, 6) is -2.28. The van der Waals surface area contributed by atoms with Gasteiger partial charge in [0, 0.05) is 24.3 Å². The molecule has 2 heterocycles. The zero-order valence-corrected chi connectivity index (χ0v) is 15.3. The van der Waals surface area contributed by atoms with Gasteiger partial charge in [-0.2, -0.15) is 0 Å². The fourth-order valence-electron chi connectivity index (χ4n) is 3.05. The lowest BCUT2D eigenvalue weighted by molar-refractivity contribution is -0.138. The Kier molecular flexibility index (Phi) is 5.71. The van der Waals surface area contributed by atoms with Crippen LogP contribution in [-0.2, 0) is 9.53 Å². The van der Waals surface area contributed by atoms with Gasteiger partial charge < -0.3 is 14.7 Å². The Balaban J connectivity index is 1.93. The van der Waals surface area contributed by atoms with E-state index in [9.17, 15) is 19.1 Å². The van der Waals surface area contributed by atoms with E-state index in [1.165, 1.54) is 21.7 Å². The molecule has 1 aliphatic rings. The van der Waals surface area contributed by atoms with Crippen LogP contribution in [0.15, 0.2) is 18.2 Å². The lowest BCUT2D eigenvalue weighted by Crippen LogP contribution is -2.46. The van der Waals surface area contributed by atoms with E-state index in [1.807, 2.05) is 0 Å². The molecule has 10 heteroatoms. The number of halogens is 2. The summed E-state index contributed by atoms with van der Waals surface area (Å²) in [6.45, 7) is 2.03. The van der Waals surface area contributed by atoms with Crippen molar-refractivity contribution in [1.82, 2.24) is 19.9 Å². The number of aromatic nitrogens is 3. The van der Waals surface area contributed by atoms with Crippen molar-refractivity contribution in [2.24, 2.45) is 0 Å². The normalized spacial score (nSPS) is 14.9. The first-order valence-electron chi connectivity index (χ1n) is 8.36. The number of carbonyl (C=O) groups is 2. The number of carboxylic acids is 1. The molecular formula is C17H18ClFN4O4. The summed E-state index contributed by atoms with van der Waals surface area (Å²) < 4.78 is 20.7. The molecule has 144 valence electrons. The van der Waals surface area contributed by atoms with Crippen LogP contribution in [0.1, 0.15) is 29.0 Å². The predicted molar refractivity (Wildman–Crippen MR) is 93.6 cm³/mol. The van der Waals surface area contributed by atoms with Gasteiger partial charge in [-0.3, -0.25) is 9.59 Å². The maximum Gasteiger partial charge on any atom is 0.323 e. The monoisotopic (exact) mass is 396 g/mol. The smallest absolute Gasteiger partial charge is 0.323 e. The van der Waals surface area contributed by atoms with E-state index < -0.39 is 24.2 Å². The molecule has 27 heavy (non-hydrogen) atoms. The zero-order chi connectivity index (χ0) is 19.6. The summed E-state index contributed by atoms with van der Waals surface area (Å²) >= 11 is 5.76. The van der Waals surface area contributed by atoms with Crippen molar-refractivity contribution in [2.45, 2.75) is 25.8 Å². The number of hydrogen-bond donors (Lipinski definition) is 1. The Morgan fingerprint density at radius 3 is 2.74 bits per heavy atom. The predicted octanol–water partition coefficient (Wildman–Crippen LogP) is 2.07. The van der Waals surface area contributed by atoms with Crippen LogP contribution in [-0.4, -0.2) is 62.7 Å². The van der Waals surface area contributed by atoms with Crippen molar-refractivity contribution in [3.63, 3.8) is 0 Å². The zero-order valence-electron chi connectivity index (χ0n) is 14.6. The van der Waals surface area contributed by atoms with E-state index in [-0.39, 0.29) is 22.4 Å². The van der Waals surface area contributed by atoms with Crippen LogP contribution in [0.4, 0.5) is 4.39 Å². The summed E-state index contributed by atoms with van der Waals surface area (Å²) in [5, 5.41) is 17.2. The number of carbonyl (C=O) groups excluding carboxylic acids is 1. The van der Waals surface area contributed by atoms with Crippen LogP contribution in [0.25, 0.3) is 5.69 Å². The Bertz CT molecular complexity index is 867. The summed E-state index contributed by atoms with van der Waals surface area (Å²) in [7, 11) is 0. The molecule has 1 aromatic carbocycles. The molecule has 0 saturated carbocycles. The van der Waals surface area contributed by atoms with Gasteiger partial charge in [-0.1, -0.05) is 16.8 Å². The van der Waals surface area contributed by atoms with Gasteiger partial charge in [-0.25, -0.2) is 9.07 Å². The van der Waals surface area contributed by atoms with Crippen LogP contribution in [0.2, 0.25) is 5.02 Å². The summed E-state index contributed by atoms with van der Waals surface area (Å²) in [4.78, 5) is 25.5. The second-order valence-corrected chi connectivity index (χ2v) is 6.64. The van der Waals surface area contributed by atoms with E-state index >= 15 is 0 Å². The van der Waals surface area contributed by atoms with Gasteiger partial charge in [-0.05, 0) is 38.0 Å². The minimum atomic E-state index is -1.12. The molecular weight excluding hydrogens is 379 g/mol. The molecule has 1 aromatic heterocycles. The number of carboxylic acid groups (broad SMARTS) is 1. The average Bonchev–Trinajstić information content (AvgIpc) is 3.01. The lowest BCUT2D eigenvalue weighted by atomic mass is 10.1. The van der Waals surface area contributed by atoms with Crippen LogP contribution in [0.5, 0.6) is 0 Å². The number of rotatable bonds is 5. The van der Waals surface area contributed by atoms with Gasteiger partial charge in [0.15, 0.2) is 5.69 Å². The second kappa shape index (κ2) is 8.01. The Morgan fingerprint density at radius 1 is 1.41 bits per heavy atom. The number of hydrogen-bond acceptors (Lipinski definition) is 5. The highest BCUT2D eigenvalue weighted by molar-refractivity contribution is 6.30. The molecule has 1 saturated heterocycles. The van der Waals surface area contributed by atoms with E-state index in [2.05, 4.69) is 10.3 Å². The minimum Gasteiger partial charge on any atom is -0.480 e. The Hall–Kier alpha value is -2.52. The number of aliphatic carboxylic acids is 1. The van der Waals surface area contributed by atoms with Gasteiger partial charge in [0.05, 0.1) is 5.69 Å². The average molecular weight is 397 g/mol. The molecule has 0 radical (unpaired) electrons. The molecule has 8 nitrogen and oxygen atoms in total. The van der Waals surface area contributed by atoms with Crippen molar-refractivity contribution < 1.29 is 23.8 Å². The van der Waals surface area contributed by atoms with Gasteiger partial charge in [0.25, 0.3) is 5.91 Å². The maximum absolute atomic E-state index is 14.2. The lowest BCUT2D eigenvalue weighted by Gasteiger charge is -2.32. The highest BCUT2D eigenvalue weighted by Gasteiger charge is 2.31. The van der Waals surface area contributed by atoms with Crippen LogP contribution >= 0.6 is 11.6 Å². The van der Waals surface area contributed by atoms with Gasteiger partial charge >= 0.3 is 5.97 Å². The van der Waals surface area contributed by atoms with E-state index in [4.69, 9.17) is 16.3 Å². The van der Waals surface area contributed by atoms with Crippen LogP contribution in [0, 0.1) is 12.7 Å². The summed E-state index contributed by atoms with van der Waals surface area (Å²) in [6.07, 6.45) is 1.08. The molecule has 1 aliphatic heterocycles. The number of nitrogens with zero attached hydrogens (tertiary/aromatic N) is 4. The molecule has 1 fully saturated rings. The standard InChI is InChI=1S/C17H18ClFN4O4/c1-10-16(20-21-23(10)14-3-2-11(18)8-13(14)19)17(26)22(9-15(24)25)12-4-6-27-7-5-12/h2-3,8,12H,4-7,9H2,1H3,(H,24,25). The third-order valence-electron chi connectivity index (χ3n) is 4.43. The fraction of sp³-hybridized carbons (Fsp3) is 0.412. The molecule has 2 aromatic rings. The first kappa shape index (κ1) is 19.2. The van der Waals surface area contributed by atoms with E-state index in [0.29, 0.717) is 31.7 Å². The van der Waals surface area contributed by atoms with Crippen LogP contribution < -0.4 is 0 Å². The Labute approximate surface area is 159 Å². The molecule has 3 rings (SSSR count). The topological polar surface area (TPSA) is 97.6 Å². The first-order chi connectivity index (χ1) is 12.9. The summed E-state index contributed by atoms with van der Waals surface area (Å²) in [5.41, 5.74) is 0.389. The first-order valence-corrected chi connectivity index (χ1v) is 8.74. The molecule has 1 N–H and O–H groups in total. The van der Waals surface area contributed by atoms with Crippen molar-refractivity contribution in [3.05, 3.63) is 40.4 Å². The quantitative estimate of drug-likeness (QED) is 0.830. The third kappa shape index (κ3) is 4.09. The van der Waals surface area contributed by atoms with Crippen molar-refractivity contribution in [1.29, 1.82) is 0 Å². The SMILES string of the molecule is Cc1c(C(=O)N(CC(=O)O)C2CCOCC2)nnn1-c1ccc(Cl)cc1F. The van der Waals surface area contributed by atoms with Gasteiger partial charge in [0.1, 0.15) is 18.0 Å². The van der Waals surface area contributed by atoms with Crippen molar-refractivity contribution in [2.75, 3.05) is 19.8 Å². The minimum absolute atomic E-state index is 0.0166. The number of ether oxygens (including phenoxy) is 1. The second-order valence-electron chi connectivity index (χ2n) is 6.20. The molecule has 0 bridgehead atoms. The van der Waals surface area contributed by atoms with Crippen LogP contribution in [0.3, 0.4) is 0 Å². The summed E-state index contributed by atoms with van der Waals surface area (Å²) in [6, 6.07) is 3.81. The van der Waals surface area contributed by atoms with E-state index in [0.717, 1.165) is 6.07 Å². The maximum atomic E-state index is 14.2. The molecule has 0 spiro atoms. The molecule has 0 aliphatic carbocycles. The molecule has 0 atom stereocenters. The molecule has 1 amide bonds.